The summed E-state index contributed by atoms with van der Waals surface area (Å²) in [6, 6.07) is 6.82. The van der Waals surface area contributed by atoms with Crippen molar-refractivity contribution in [3.05, 3.63) is 29.8 Å². The van der Waals surface area contributed by atoms with E-state index in [0.717, 1.165) is 5.56 Å². The number of nitrogens with one attached hydrogen (secondary N) is 1. The van der Waals surface area contributed by atoms with Gasteiger partial charge in [0.2, 0.25) is 0 Å². The summed E-state index contributed by atoms with van der Waals surface area (Å²) >= 11 is 0. The molecule has 0 radical (unpaired) electrons. The van der Waals surface area contributed by atoms with E-state index < -0.39 is 6.61 Å². The van der Waals surface area contributed by atoms with E-state index in [9.17, 15) is 8.78 Å². The molecule has 1 N–H and O–H groups in total. The van der Waals surface area contributed by atoms with Crippen LogP contribution in [0.5, 0.6) is 5.75 Å². The highest BCUT2D eigenvalue weighted by Gasteiger charge is 2.04. The number of ether oxygens (including phenoxy) is 2. The topological polar surface area (TPSA) is 30.5 Å². The minimum absolute atomic E-state index is 0.175. The lowest BCUT2D eigenvalue weighted by molar-refractivity contribution is -0.0498. The average molecular weight is 245 g/mol. The molecule has 1 rings (SSSR count). The molecule has 5 heteroatoms. The van der Waals surface area contributed by atoms with Gasteiger partial charge in [0.05, 0.1) is 6.61 Å². The third-order valence-electron chi connectivity index (χ3n) is 2.22. The number of halogens is 2. The van der Waals surface area contributed by atoms with Crippen LogP contribution in [0.25, 0.3) is 0 Å². The second kappa shape index (κ2) is 7.19. The Morgan fingerprint density at radius 2 is 1.88 bits per heavy atom. The number of alkyl halides is 2. The van der Waals surface area contributed by atoms with E-state index in [1.807, 2.05) is 6.92 Å². The van der Waals surface area contributed by atoms with E-state index in [1.54, 1.807) is 19.2 Å². The Hall–Kier alpha value is -1.20. The van der Waals surface area contributed by atoms with Crippen LogP contribution in [0, 0.1) is 0 Å². The van der Waals surface area contributed by atoms with Gasteiger partial charge in [-0.05, 0) is 24.6 Å². The highest BCUT2D eigenvalue weighted by Crippen LogP contribution is 2.14. The summed E-state index contributed by atoms with van der Waals surface area (Å²) in [5.41, 5.74) is 1.01. The standard InChI is InChI=1S/C12H17F2NO2/c1-9(8-16-2)15-7-10-3-5-11(6-4-10)17-12(13)14/h3-6,9,12,15H,7-8H2,1-2H3. The molecular weight excluding hydrogens is 228 g/mol. The van der Waals surface area contributed by atoms with Gasteiger partial charge in [0.15, 0.2) is 0 Å². The monoisotopic (exact) mass is 245 g/mol. The number of hydrogen-bond acceptors (Lipinski definition) is 3. The zero-order valence-electron chi connectivity index (χ0n) is 9.95. The molecule has 3 nitrogen and oxygen atoms in total. The molecule has 0 aliphatic rings. The van der Waals surface area contributed by atoms with Crippen molar-refractivity contribution < 1.29 is 18.3 Å². The largest absolute Gasteiger partial charge is 0.435 e. The average Bonchev–Trinajstić information content (AvgIpc) is 2.28. The molecule has 0 aliphatic carbocycles. The van der Waals surface area contributed by atoms with Gasteiger partial charge in [-0.25, -0.2) is 0 Å². The Balaban J connectivity index is 2.40. The molecule has 0 aliphatic heterocycles. The summed E-state index contributed by atoms with van der Waals surface area (Å²) in [4.78, 5) is 0. The van der Waals surface area contributed by atoms with Crippen LogP contribution in [0.4, 0.5) is 8.78 Å². The number of hydrogen-bond donors (Lipinski definition) is 1. The van der Waals surface area contributed by atoms with Gasteiger partial charge < -0.3 is 14.8 Å². The van der Waals surface area contributed by atoms with Gasteiger partial charge in [0.1, 0.15) is 5.75 Å². The van der Waals surface area contributed by atoms with Crippen molar-refractivity contribution in [3.63, 3.8) is 0 Å². The van der Waals surface area contributed by atoms with Gasteiger partial charge in [-0.15, -0.1) is 0 Å². The van der Waals surface area contributed by atoms with E-state index in [0.29, 0.717) is 13.2 Å². The molecule has 0 heterocycles. The number of rotatable bonds is 7. The van der Waals surface area contributed by atoms with Gasteiger partial charge >= 0.3 is 6.61 Å². The third kappa shape index (κ3) is 5.60. The molecule has 0 amide bonds. The molecule has 0 saturated heterocycles. The molecule has 17 heavy (non-hydrogen) atoms. The zero-order chi connectivity index (χ0) is 12.7. The van der Waals surface area contributed by atoms with Crippen molar-refractivity contribution in [2.45, 2.75) is 26.1 Å². The molecule has 1 unspecified atom stereocenters. The molecular formula is C12H17F2NO2. The molecule has 1 aromatic rings. The summed E-state index contributed by atoms with van der Waals surface area (Å²) < 4.78 is 33.1. The molecule has 0 spiro atoms. The molecule has 1 atom stereocenters. The van der Waals surface area contributed by atoms with Crippen LogP contribution >= 0.6 is 0 Å². The first-order valence-electron chi connectivity index (χ1n) is 5.38. The lowest BCUT2D eigenvalue weighted by atomic mass is 10.2. The second-order valence-electron chi connectivity index (χ2n) is 3.76. The van der Waals surface area contributed by atoms with Gasteiger partial charge in [0, 0.05) is 19.7 Å². The molecule has 0 bridgehead atoms. The smallest absolute Gasteiger partial charge is 0.387 e. The van der Waals surface area contributed by atoms with Crippen LogP contribution in [-0.2, 0) is 11.3 Å². The van der Waals surface area contributed by atoms with Crippen LogP contribution in [0.3, 0.4) is 0 Å². The molecule has 0 saturated carbocycles. The van der Waals surface area contributed by atoms with Crippen molar-refractivity contribution in [2.24, 2.45) is 0 Å². The van der Waals surface area contributed by atoms with Gasteiger partial charge in [-0.2, -0.15) is 8.78 Å². The Bertz CT molecular complexity index is 317. The van der Waals surface area contributed by atoms with Crippen molar-refractivity contribution in [1.82, 2.24) is 5.32 Å². The van der Waals surface area contributed by atoms with Crippen LogP contribution in [-0.4, -0.2) is 26.4 Å². The second-order valence-corrected chi connectivity index (χ2v) is 3.76. The lowest BCUT2D eigenvalue weighted by Crippen LogP contribution is -2.29. The normalized spacial score (nSPS) is 12.8. The molecule has 1 aromatic carbocycles. The zero-order valence-corrected chi connectivity index (χ0v) is 9.95. The van der Waals surface area contributed by atoms with Gasteiger partial charge in [-0.1, -0.05) is 12.1 Å². The fraction of sp³-hybridized carbons (Fsp3) is 0.500. The van der Waals surface area contributed by atoms with Crippen LogP contribution in [0.1, 0.15) is 12.5 Å². The van der Waals surface area contributed by atoms with E-state index in [1.165, 1.54) is 12.1 Å². The van der Waals surface area contributed by atoms with Gasteiger partial charge in [0.25, 0.3) is 0 Å². The third-order valence-corrected chi connectivity index (χ3v) is 2.22. The fourth-order valence-corrected chi connectivity index (χ4v) is 1.39. The Morgan fingerprint density at radius 1 is 1.24 bits per heavy atom. The SMILES string of the molecule is COCC(C)NCc1ccc(OC(F)F)cc1. The number of methoxy groups -OCH3 is 1. The highest BCUT2D eigenvalue weighted by molar-refractivity contribution is 5.27. The predicted octanol–water partition coefficient (Wildman–Crippen LogP) is 2.41. The van der Waals surface area contributed by atoms with Crippen molar-refractivity contribution in [2.75, 3.05) is 13.7 Å². The summed E-state index contributed by atoms with van der Waals surface area (Å²) in [7, 11) is 1.65. The van der Waals surface area contributed by atoms with E-state index in [4.69, 9.17) is 4.74 Å². The Morgan fingerprint density at radius 3 is 2.41 bits per heavy atom. The quantitative estimate of drug-likeness (QED) is 0.800. The summed E-state index contributed by atoms with van der Waals surface area (Å²) in [6.45, 7) is 0.532. The van der Waals surface area contributed by atoms with E-state index >= 15 is 0 Å². The first-order chi connectivity index (χ1) is 8.11. The fourth-order valence-electron chi connectivity index (χ4n) is 1.39. The summed E-state index contributed by atoms with van der Waals surface area (Å²) in [6.07, 6.45) is 0. The predicted molar refractivity (Wildman–Crippen MR) is 61.3 cm³/mol. The Kier molecular flexibility index (Phi) is 5.86. The minimum atomic E-state index is -2.78. The van der Waals surface area contributed by atoms with Crippen LogP contribution < -0.4 is 10.1 Å². The maximum atomic E-state index is 11.9. The van der Waals surface area contributed by atoms with Crippen molar-refractivity contribution >= 4 is 0 Å². The molecule has 0 fully saturated rings. The maximum absolute atomic E-state index is 11.9. The maximum Gasteiger partial charge on any atom is 0.387 e. The first-order valence-corrected chi connectivity index (χ1v) is 5.38. The van der Waals surface area contributed by atoms with E-state index in [-0.39, 0.29) is 11.8 Å². The minimum Gasteiger partial charge on any atom is -0.435 e. The van der Waals surface area contributed by atoms with Crippen molar-refractivity contribution in [1.29, 1.82) is 0 Å². The summed E-state index contributed by atoms with van der Waals surface area (Å²) in [5, 5.41) is 3.25. The summed E-state index contributed by atoms with van der Waals surface area (Å²) in [5.74, 6) is 0.175. The first kappa shape index (κ1) is 13.9. The number of benzene rings is 1. The van der Waals surface area contributed by atoms with E-state index in [2.05, 4.69) is 10.1 Å². The Labute approximate surface area is 99.7 Å². The van der Waals surface area contributed by atoms with Crippen LogP contribution in [0.15, 0.2) is 24.3 Å². The lowest BCUT2D eigenvalue weighted by Gasteiger charge is -2.12. The molecule has 0 aromatic heterocycles. The highest BCUT2D eigenvalue weighted by atomic mass is 19.3. The van der Waals surface area contributed by atoms with Crippen molar-refractivity contribution in [3.8, 4) is 5.75 Å². The molecule has 96 valence electrons. The van der Waals surface area contributed by atoms with Crippen LogP contribution in [0.2, 0.25) is 0 Å². The van der Waals surface area contributed by atoms with Gasteiger partial charge in [-0.3, -0.25) is 0 Å².